The first kappa shape index (κ1) is 24.8. The highest BCUT2D eigenvalue weighted by atomic mass is 19.1. The third-order valence-electron chi connectivity index (χ3n) is 7.00. The SMILES string of the molecule is CC1(C)O[C@@H]2C[C@@](OCc3ccc(F)cc3)(C(=O)NC3CC3)CC(OCc3ccccc3C#N)[C@@H]2O1. The Bertz CT molecular complexity index is 1140. The van der Waals surface area contributed by atoms with Crippen LogP contribution in [0.25, 0.3) is 0 Å². The number of carbonyl (C=O) groups is 1. The number of hydrogen-bond acceptors (Lipinski definition) is 6. The molecule has 0 bridgehead atoms. The smallest absolute Gasteiger partial charge is 0.252 e. The molecule has 1 heterocycles. The molecule has 1 amide bonds. The second kappa shape index (κ2) is 9.91. The van der Waals surface area contributed by atoms with E-state index in [4.69, 9.17) is 18.9 Å². The molecule has 1 saturated heterocycles. The first-order valence-electron chi connectivity index (χ1n) is 12.4. The molecule has 8 heteroatoms. The van der Waals surface area contributed by atoms with E-state index in [0.29, 0.717) is 12.0 Å². The Morgan fingerprint density at radius 3 is 2.58 bits per heavy atom. The van der Waals surface area contributed by atoms with E-state index in [9.17, 15) is 14.4 Å². The van der Waals surface area contributed by atoms with Gasteiger partial charge in [-0.2, -0.15) is 5.26 Å². The Kier molecular flexibility index (Phi) is 6.84. The summed E-state index contributed by atoms with van der Waals surface area (Å²) >= 11 is 0. The van der Waals surface area contributed by atoms with Crippen LogP contribution in [0.2, 0.25) is 0 Å². The van der Waals surface area contributed by atoms with E-state index in [1.165, 1.54) is 12.1 Å². The first-order chi connectivity index (χ1) is 17.3. The zero-order chi connectivity index (χ0) is 25.3. The number of benzene rings is 2. The maximum Gasteiger partial charge on any atom is 0.252 e. The van der Waals surface area contributed by atoms with Crippen LogP contribution in [0.1, 0.15) is 56.2 Å². The molecule has 5 rings (SSSR count). The second-order valence-corrected chi connectivity index (χ2v) is 10.3. The van der Waals surface area contributed by atoms with Crippen LogP contribution in [-0.4, -0.2) is 41.6 Å². The van der Waals surface area contributed by atoms with Crippen molar-refractivity contribution >= 4 is 5.91 Å². The molecule has 3 aliphatic rings. The van der Waals surface area contributed by atoms with Crippen molar-refractivity contribution in [2.24, 2.45) is 0 Å². The zero-order valence-electron chi connectivity index (χ0n) is 20.5. The Morgan fingerprint density at radius 1 is 1.11 bits per heavy atom. The van der Waals surface area contributed by atoms with Crippen molar-refractivity contribution in [1.29, 1.82) is 5.26 Å². The number of nitrogens with zero attached hydrogens (tertiary/aromatic N) is 1. The molecule has 1 unspecified atom stereocenters. The van der Waals surface area contributed by atoms with Crippen LogP contribution in [0.4, 0.5) is 4.39 Å². The number of hydrogen-bond donors (Lipinski definition) is 1. The van der Waals surface area contributed by atoms with Gasteiger partial charge in [-0.3, -0.25) is 4.79 Å². The minimum absolute atomic E-state index is 0.143. The van der Waals surface area contributed by atoms with E-state index in [2.05, 4.69) is 11.4 Å². The maximum atomic E-state index is 13.6. The number of halogens is 1. The molecule has 2 saturated carbocycles. The summed E-state index contributed by atoms with van der Waals surface area (Å²) in [6.45, 7) is 4.03. The third-order valence-corrected chi connectivity index (χ3v) is 7.00. The molecule has 3 fully saturated rings. The minimum Gasteiger partial charge on any atom is -0.371 e. The van der Waals surface area contributed by atoms with Crippen molar-refractivity contribution in [3.63, 3.8) is 0 Å². The van der Waals surface area contributed by atoms with Crippen molar-refractivity contribution in [1.82, 2.24) is 5.32 Å². The predicted molar refractivity (Wildman–Crippen MR) is 128 cm³/mol. The highest BCUT2D eigenvalue weighted by molar-refractivity contribution is 5.86. The number of fused-ring (bicyclic) bond motifs is 1. The van der Waals surface area contributed by atoms with Crippen molar-refractivity contribution in [2.75, 3.05) is 0 Å². The van der Waals surface area contributed by atoms with Gasteiger partial charge in [0.05, 0.1) is 37.1 Å². The van der Waals surface area contributed by atoms with Gasteiger partial charge in [0.25, 0.3) is 5.91 Å². The lowest BCUT2D eigenvalue weighted by atomic mass is 9.78. The van der Waals surface area contributed by atoms with Crippen molar-refractivity contribution < 1.29 is 28.1 Å². The number of ether oxygens (including phenoxy) is 4. The molecule has 2 aliphatic carbocycles. The van der Waals surface area contributed by atoms with Gasteiger partial charge in [-0.25, -0.2) is 4.39 Å². The van der Waals surface area contributed by atoms with Crippen LogP contribution in [0.5, 0.6) is 0 Å². The van der Waals surface area contributed by atoms with Crippen LogP contribution in [0.15, 0.2) is 48.5 Å². The fraction of sp³-hybridized carbons (Fsp3) is 0.500. The van der Waals surface area contributed by atoms with Crippen molar-refractivity contribution in [3.8, 4) is 6.07 Å². The molecule has 0 aromatic heterocycles. The summed E-state index contributed by atoms with van der Waals surface area (Å²) in [6.07, 6.45) is 1.17. The van der Waals surface area contributed by atoms with Gasteiger partial charge < -0.3 is 24.3 Å². The molecular formula is C28H31FN2O5. The lowest BCUT2D eigenvalue weighted by Gasteiger charge is -2.43. The van der Waals surface area contributed by atoms with Crippen LogP contribution < -0.4 is 5.32 Å². The lowest BCUT2D eigenvalue weighted by Crippen LogP contribution is -2.60. The number of nitrogens with one attached hydrogen (secondary N) is 1. The fourth-order valence-electron chi connectivity index (χ4n) is 5.01. The molecular weight excluding hydrogens is 463 g/mol. The second-order valence-electron chi connectivity index (χ2n) is 10.3. The Hall–Kier alpha value is -2.83. The van der Waals surface area contributed by atoms with Gasteiger partial charge in [-0.1, -0.05) is 30.3 Å². The standard InChI is InChI=1S/C28H31FN2O5/c1-27(2)35-24-14-28(26(32)31-22-11-12-22,34-16-18-7-9-21(29)10-8-18)13-23(25(24)36-27)33-17-20-6-4-3-5-19(20)15-30/h3-10,22-25H,11-14,16-17H2,1-2H3,(H,31,32)/t23?,24-,25+,28-/m1/s1. The summed E-state index contributed by atoms with van der Waals surface area (Å²) in [5.41, 5.74) is 0.863. The number of rotatable bonds is 8. The van der Waals surface area contributed by atoms with Crippen LogP contribution >= 0.6 is 0 Å². The van der Waals surface area contributed by atoms with Crippen LogP contribution in [0, 0.1) is 17.1 Å². The highest BCUT2D eigenvalue weighted by Gasteiger charge is 2.58. The Balaban J connectivity index is 1.41. The van der Waals surface area contributed by atoms with E-state index in [1.807, 2.05) is 32.0 Å². The molecule has 4 atom stereocenters. The van der Waals surface area contributed by atoms with Crippen LogP contribution in [0.3, 0.4) is 0 Å². The molecule has 190 valence electrons. The van der Waals surface area contributed by atoms with Crippen molar-refractivity contribution in [3.05, 3.63) is 71.0 Å². The van der Waals surface area contributed by atoms with Gasteiger partial charge in [0.1, 0.15) is 11.9 Å². The predicted octanol–water partition coefficient (Wildman–Crippen LogP) is 4.13. The van der Waals surface area contributed by atoms with Crippen molar-refractivity contribution in [2.45, 2.75) is 88.5 Å². The summed E-state index contributed by atoms with van der Waals surface area (Å²) in [6, 6.07) is 15.7. The summed E-state index contributed by atoms with van der Waals surface area (Å²) in [5, 5.41) is 12.6. The van der Waals surface area contributed by atoms with Gasteiger partial charge >= 0.3 is 0 Å². The lowest BCUT2D eigenvalue weighted by molar-refractivity contribution is -0.183. The summed E-state index contributed by atoms with van der Waals surface area (Å²) in [4.78, 5) is 13.6. The Morgan fingerprint density at radius 2 is 1.86 bits per heavy atom. The van der Waals surface area contributed by atoms with E-state index in [-0.39, 0.29) is 43.5 Å². The van der Waals surface area contributed by atoms with E-state index >= 15 is 0 Å². The van der Waals surface area contributed by atoms with E-state index < -0.39 is 23.6 Å². The summed E-state index contributed by atoms with van der Waals surface area (Å²) in [5.74, 6) is -1.35. The van der Waals surface area contributed by atoms with Gasteiger partial charge in [-0.15, -0.1) is 0 Å². The number of amides is 1. The van der Waals surface area contributed by atoms with Gasteiger partial charge in [0.15, 0.2) is 11.4 Å². The normalized spacial score (nSPS) is 28.8. The Labute approximate surface area is 210 Å². The number of nitriles is 1. The highest BCUT2D eigenvalue weighted by Crippen LogP contribution is 2.44. The molecule has 0 spiro atoms. The summed E-state index contributed by atoms with van der Waals surface area (Å²) < 4.78 is 38.6. The van der Waals surface area contributed by atoms with Crippen LogP contribution in [-0.2, 0) is 37.0 Å². The average Bonchev–Trinajstić information content (AvgIpc) is 3.62. The first-order valence-corrected chi connectivity index (χ1v) is 12.4. The molecule has 1 aliphatic heterocycles. The van der Waals surface area contributed by atoms with Gasteiger partial charge in [-0.05, 0) is 56.0 Å². The van der Waals surface area contributed by atoms with E-state index in [0.717, 1.165) is 24.0 Å². The van der Waals surface area contributed by atoms with E-state index in [1.54, 1.807) is 18.2 Å². The molecule has 2 aromatic carbocycles. The maximum absolute atomic E-state index is 13.6. The number of carbonyl (C=O) groups excluding carboxylic acids is 1. The quantitative estimate of drug-likeness (QED) is 0.594. The molecule has 0 radical (unpaired) electrons. The monoisotopic (exact) mass is 494 g/mol. The third kappa shape index (κ3) is 5.45. The van der Waals surface area contributed by atoms with Gasteiger partial charge in [0, 0.05) is 18.9 Å². The topological polar surface area (TPSA) is 89.8 Å². The summed E-state index contributed by atoms with van der Waals surface area (Å²) in [7, 11) is 0. The molecule has 1 N–H and O–H groups in total. The molecule has 36 heavy (non-hydrogen) atoms. The minimum atomic E-state index is -1.21. The molecule has 2 aromatic rings. The fourth-order valence-corrected chi connectivity index (χ4v) is 5.01. The largest absolute Gasteiger partial charge is 0.371 e. The molecule has 7 nitrogen and oxygen atoms in total. The average molecular weight is 495 g/mol. The van der Waals surface area contributed by atoms with Gasteiger partial charge in [0.2, 0.25) is 0 Å². The zero-order valence-corrected chi connectivity index (χ0v) is 20.5.